The quantitative estimate of drug-likeness (QED) is 0.521. The van der Waals surface area contributed by atoms with Crippen LogP contribution in [0.5, 0.6) is 0 Å². The molecule has 1 aromatic heterocycles. The minimum absolute atomic E-state index is 0.0421. The van der Waals surface area contributed by atoms with E-state index in [-0.39, 0.29) is 22.1 Å². The number of hydrogen-bond donors (Lipinski definition) is 0. The summed E-state index contributed by atoms with van der Waals surface area (Å²) >= 11 is 26.3. The van der Waals surface area contributed by atoms with Gasteiger partial charge in [-0.25, -0.2) is 9.36 Å². The fraction of sp³-hybridized carbons (Fsp3) is 0.412. The largest absolute Gasteiger partial charge is 0.426 e. The lowest BCUT2D eigenvalue weighted by molar-refractivity contribution is -0.218. The van der Waals surface area contributed by atoms with Gasteiger partial charge in [-0.05, 0) is 18.6 Å². The normalized spacial score (nSPS) is 31.9. The molecule has 2 aliphatic carbocycles. The Morgan fingerprint density at radius 1 is 1.19 bits per heavy atom. The van der Waals surface area contributed by atoms with Crippen molar-refractivity contribution < 1.29 is 18.7 Å². The number of para-hydroxylation sites is 2. The molecule has 0 radical (unpaired) electrons. The van der Waals surface area contributed by atoms with Crippen LogP contribution in [0.3, 0.4) is 0 Å². The Labute approximate surface area is 173 Å². The zero-order valence-electron chi connectivity index (χ0n) is 14.1. The molecule has 3 atom stereocenters. The number of nitrogens with zero attached hydrogens (tertiary/aromatic N) is 1. The maximum absolute atomic E-state index is 13.4. The molecule has 1 saturated carbocycles. The number of oxazole rings is 1. The van der Waals surface area contributed by atoms with Crippen molar-refractivity contribution in [3.05, 3.63) is 44.9 Å². The summed E-state index contributed by atoms with van der Waals surface area (Å²) in [5.74, 6) is -4.21. The Balaban J connectivity index is 1.93. The van der Waals surface area contributed by atoms with Crippen LogP contribution in [0.2, 0.25) is 0 Å². The molecule has 2 aromatic rings. The van der Waals surface area contributed by atoms with Crippen molar-refractivity contribution >= 4 is 63.4 Å². The predicted octanol–water partition coefficient (Wildman–Crippen LogP) is 3.90. The van der Waals surface area contributed by atoms with E-state index in [1.54, 1.807) is 24.3 Å². The maximum Gasteiger partial charge on any atom is 0.426 e. The Bertz CT molecular complexity index is 1060. The number of halogens is 4. The fourth-order valence-corrected chi connectivity index (χ4v) is 6.28. The highest BCUT2D eigenvalue weighted by molar-refractivity contribution is 6.52. The highest BCUT2D eigenvalue weighted by Crippen LogP contribution is 2.71. The number of methoxy groups -OCH3 is 2. The molecule has 10 heteroatoms. The van der Waals surface area contributed by atoms with Gasteiger partial charge in [0.05, 0.1) is 21.5 Å². The molecule has 2 bridgehead atoms. The van der Waals surface area contributed by atoms with E-state index in [0.29, 0.717) is 5.52 Å². The van der Waals surface area contributed by atoms with Crippen LogP contribution in [0.25, 0.3) is 11.1 Å². The van der Waals surface area contributed by atoms with Crippen LogP contribution < -0.4 is 5.76 Å². The average molecular weight is 453 g/mol. The second-order valence-corrected chi connectivity index (χ2v) is 8.43. The van der Waals surface area contributed by atoms with Crippen LogP contribution in [0, 0.1) is 5.92 Å². The van der Waals surface area contributed by atoms with Crippen molar-refractivity contribution in [2.45, 2.75) is 22.0 Å². The Morgan fingerprint density at radius 2 is 1.81 bits per heavy atom. The number of rotatable bonds is 3. The molecular weight excluding hydrogens is 440 g/mol. The third-order valence-electron chi connectivity index (χ3n) is 5.41. The third kappa shape index (κ3) is 2.01. The first-order chi connectivity index (χ1) is 12.7. The van der Waals surface area contributed by atoms with Crippen molar-refractivity contribution in [1.29, 1.82) is 0 Å². The predicted molar refractivity (Wildman–Crippen MR) is 102 cm³/mol. The highest BCUT2D eigenvalue weighted by atomic mass is 35.5. The van der Waals surface area contributed by atoms with E-state index in [1.807, 2.05) is 0 Å². The van der Waals surface area contributed by atoms with Crippen molar-refractivity contribution in [2.75, 3.05) is 14.2 Å². The molecule has 0 saturated heterocycles. The average Bonchev–Trinajstić information content (AvgIpc) is 3.13. The van der Waals surface area contributed by atoms with Crippen LogP contribution in [0.4, 0.5) is 0 Å². The Morgan fingerprint density at radius 3 is 2.41 bits per heavy atom. The minimum Gasteiger partial charge on any atom is -0.407 e. The van der Waals surface area contributed by atoms with Crippen LogP contribution >= 0.6 is 46.4 Å². The second kappa shape index (κ2) is 5.99. The number of hydrogen-bond acceptors (Lipinski definition) is 5. The molecule has 6 nitrogen and oxygen atoms in total. The molecule has 0 aliphatic heterocycles. The van der Waals surface area contributed by atoms with Crippen LogP contribution in [0.1, 0.15) is 11.2 Å². The highest BCUT2D eigenvalue weighted by Gasteiger charge is 2.82. The molecule has 2 aliphatic rings. The van der Waals surface area contributed by atoms with Gasteiger partial charge in [0.25, 0.3) is 0 Å². The molecule has 0 amide bonds. The fourth-order valence-electron chi connectivity index (χ4n) is 4.23. The summed E-state index contributed by atoms with van der Waals surface area (Å²) in [5.41, 5.74) is 0.582. The zero-order valence-corrected chi connectivity index (χ0v) is 17.1. The molecule has 1 fully saturated rings. The molecule has 4 rings (SSSR count). The number of fused-ring (bicyclic) bond motifs is 3. The molecule has 1 heterocycles. The lowest BCUT2D eigenvalue weighted by atomic mass is 9.90. The summed E-state index contributed by atoms with van der Waals surface area (Å²) in [5, 5.41) is 0.00737. The first-order valence-electron chi connectivity index (χ1n) is 7.88. The molecule has 27 heavy (non-hydrogen) atoms. The molecule has 144 valence electrons. The summed E-state index contributed by atoms with van der Waals surface area (Å²) in [6, 6.07) is 6.54. The van der Waals surface area contributed by atoms with E-state index in [1.165, 1.54) is 14.2 Å². The molecule has 1 aromatic carbocycles. The lowest BCUT2D eigenvalue weighted by Gasteiger charge is -2.40. The summed E-state index contributed by atoms with van der Waals surface area (Å²) < 4.78 is 17.1. The SMILES string of the molecule is COC1(OC)[C@@]2(Cl)C(Cl)=C(Cl)[C@@]1(Cl)C[C@H]2C(=O)n1c(=O)oc2ccccc21. The number of alkyl halides is 2. The van der Waals surface area contributed by atoms with E-state index in [9.17, 15) is 9.59 Å². The van der Waals surface area contributed by atoms with Gasteiger partial charge in [-0.1, -0.05) is 35.3 Å². The van der Waals surface area contributed by atoms with Crippen molar-refractivity contribution in [1.82, 2.24) is 4.57 Å². The van der Waals surface area contributed by atoms with Gasteiger partial charge in [0.1, 0.15) is 9.75 Å². The zero-order chi connectivity index (χ0) is 19.8. The van der Waals surface area contributed by atoms with Crippen molar-refractivity contribution in [3.63, 3.8) is 0 Å². The first kappa shape index (κ1) is 19.3. The van der Waals surface area contributed by atoms with Crippen molar-refractivity contribution in [3.8, 4) is 0 Å². The van der Waals surface area contributed by atoms with Gasteiger partial charge in [0, 0.05) is 14.2 Å². The minimum atomic E-state index is -1.72. The standard InChI is InChI=1S/C17H13Cl4NO5/c1-25-17(26-2)15(20)7-8(16(17,21)12(19)11(15)18)13(23)22-9-5-3-4-6-10(9)27-14(22)24/h3-6,8H,7H2,1-2H3/t8-,15-,16-/m0/s1. The number of carbonyl (C=O) groups excluding carboxylic acids is 1. The van der Waals surface area contributed by atoms with Crippen LogP contribution in [0.15, 0.2) is 43.5 Å². The smallest absolute Gasteiger partial charge is 0.407 e. The number of aromatic nitrogens is 1. The summed E-state index contributed by atoms with van der Waals surface area (Å²) in [6.45, 7) is 0. The number of ether oxygens (including phenoxy) is 2. The molecule has 0 unspecified atom stereocenters. The van der Waals surface area contributed by atoms with E-state index in [0.717, 1.165) is 4.57 Å². The summed E-state index contributed by atoms with van der Waals surface area (Å²) in [4.78, 5) is 22.5. The van der Waals surface area contributed by atoms with Gasteiger partial charge in [0.2, 0.25) is 11.7 Å². The van der Waals surface area contributed by atoms with Gasteiger partial charge < -0.3 is 13.9 Å². The topological polar surface area (TPSA) is 70.7 Å². The maximum atomic E-state index is 13.4. The lowest BCUT2D eigenvalue weighted by Crippen LogP contribution is -2.58. The van der Waals surface area contributed by atoms with Crippen molar-refractivity contribution in [2.24, 2.45) is 5.92 Å². The number of carbonyl (C=O) groups is 1. The summed E-state index contributed by atoms with van der Waals surface area (Å²) in [6.07, 6.45) is -0.0421. The molecule has 0 spiro atoms. The van der Waals surface area contributed by atoms with E-state index in [2.05, 4.69) is 0 Å². The third-order valence-corrected chi connectivity index (χ3v) is 7.99. The van der Waals surface area contributed by atoms with Crippen LogP contribution in [-0.4, -0.2) is 40.2 Å². The first-order valence-corrected chi connectivity index (χ1v) is 9.40. The van der Waals surface area contributed by atoms with Gasteiger partial charge >= 0.3 is 5.76 Å². The second-order valence-electron chi connectivity index (χ2n) is 6.43. The van der Waals surface area contributed by atoms with Gasteiger partial charge in [-0.15, -0.1) is 23.2 Å². The van der Waals surface area contributed by atoms with E-state index in [4.69, 9.17) is 60.3 Å². The Hall–Kier alpha value is -1.02. The Kier molecular flexibility index (Phi) is 4.28. The molecule has 0 N–H and O–H groups in total. The number of benzene rings is 1. The monoisotopic (exact) mass is 451 g/mol. The summed E-state index contributed by atoms with van der Waals surface area (Å²) in [7, 11) is 2.67. The van der Waals surface area contributed by atoms with Crippen LogP contribution in [-0.2, 0) is 9.47 Å². The van der Waals surface area contributed by atoms with Gasteiger partial charge in [-0.2, -0.15) is 0 Å². The molecular formula is C17H13Cl4NO5. The van der Waals surface area contributed by atoms with Gasteiger partial charge in [0.15, 0.2) is 5.58 Å². The van der Waals surface area contributed by atoms with E-state index < -0.39 is 33.1 Å². The van der Waals surface area contributed by atoms with Gasteiger partial charge in [-0.3, -0.25) is 4.79 Å². The van der Waals surface area contributed by atoms with E-state index >= 15 is 0 Å².